The van der Waals surface area contributed by atoms with Crippen LogP contribution in [0.5, 0.6) is 0 Å². The normalized spacial score (nSPS) is 26.3. The molecular weight excluding hydrogens is 236 g/mol. The first-order valence-corrected chi connectivity index (χ1v) is 7.34. The number of nitrogens with two attached hydrogens (primary N) is 1. The Labute approximate surface area is 114 Å². The van der Waals surface area contributed by atoms with Crippen LogP contribution in [-0.4, -0.2) is 18.4 Å². The zero-order chi connectivity index (χ0) is 13.4. The highest BCUT2D eigenvalue weighted by Gasteiger charge is 2.35. The van der Waals surface area contributed by atoms with Crippen molar-refractivity contribution in [2.24, 2.45) is 5.92 Å². The van der Waals surface area contributed by atoms with Crippen LogP contribution in [0.3, 0.4) is 0 Å². The Morgan fingerprint density at radius 2 is 2.05 bits per heavy atom. The maximum absolute atomic E-state index is 11.6. The second-order valence-corrected chi connectivity index (χ2v) is 5.92. The lowest BCUT2D eigenvalue weighted by Crippen LogP contribution is -2.42. The Bertz CT molecular complexity index is 498. The molecule has 2 aliphatic rings. The molecule has 0 aromatic heterocycles. The number of nitrogens with zero attached hydrogens (tertiary/aromatic N) is 1. The summed E-state index contributed by atoms with van der Waals surface area (Å²) in [5.74, 6) is 0.909. The zero-order valence-corrected chi connectivity index (χ0v) is 11.6. The number of fused-ring (bicyclic) bond motifs is 1. The minimum Gasteiger partial charge on any atom is -0.398 e. The third-order valence-corrected chi connectivity index (χ3v) is 4.74. The van der Waals surface area contributed by atoms with Gasteiger partial charge in [0.2, 0.25) is 0 Å². The zero-order valence-electron chi connectivity index (χ0n) is 11.6. The summed E-state index contributed by atoms with van der Waals surface area (Å²) in [6.45, 7) is 2.70. The van der Waals surface area contributed by atoms with Crippen LogP contribution in [0.15, 0.2) is 18.2 Å². The average molecular weight is 258 g/mol. The maximum Gasteiger partial charge on any atom is 0.161 e. The molecule has 2 fully saturated rings. The maximum atomic E-state index is 11.6. The van der Waals surface area contributed by atoms with Crippen molar-refractivity contribution < 1.29 is 4.79 Å². The SMILES string of the molecule is CC(=O)c1cc(N2CCCC3CCCC32)ccc1N. The van der Waals surface area contributed by atoms with Gasteiger partial charge in [-0.25, -0.2) is 0 Å². The Kier molecular flexibility index (Phi) is 3.21. The molecule has 0 spiro atoms. The number of hydrogen-bond donors (Lipinski definition) is 1. The lowest BCUT2D eigenvalue weighted by atomic mass is 9.91. The highest BCUT2D eigenvalue weighted by molar-refractivity contribution is 6.00. The highest BCUT2D eigenvalue weighted by Crippen LogP contribution is 2.39. The molecular formula is C16H22N2O. The number of hydrogen-bond acceptors (Lipinski definition) is 3. The number of rotatable bonds is 2. The van der Waals surface area contributed by atoms with Crippen LogP contribution in [0, 0.1) is 5.92 Å². The van der Waals surface area contributed by atoms with E-state index in [1.165, 1.54) is 37.8 Å². The molecule has 2 unspecified atom stereocenters. The van der Waals surface area contributed by atoms with Crippen LogP contribution in [0.4, 0.5) is 11.4 Å². The number of Topliss-reactive ketones (excluding diaryl/α,β-unsaturated/α-hetero) is 1. The molecule has 3 nitrogen and oxygen atoms in total. The highest BCUT2D eigenvalue weighted by atomic mass is 16.1. The van der Waals surface area contributed by atoms with E-state index in [9.17, 15) is 4.79 Å². The molecule has 1 saturated carbocycles. The van der Waals surface area contributed by atoms with Crippen molar-refractivity contribution in [2.45, 2.75) is 45.1 Å². The summed E-state index contributed by atoms with van der Waals surface area (Å²) >= 11 is 0. The Morgan fingerprint density at radius 1 is 1.26 bits per heavy atom. The third-order valence-electron chi connectivity index (χ3n) is 4.74. The number of carbonyl (C=O) groups excluding carboxylic acids is 1. The van der Waals surface area contributed by atoms with E-state index >= 15 is 0 Å². The molecule has 19 heavy (non-hydrogen) atoms. The van der Waals surface area contributed by atoms with Crippen LogP contribution >= 0.6 is 0 Å². The van der Waals surface area contributed by atoms with E-state index in [0.29, 0.717) is 17.3 Å². The van der Waals surface area contributed by atoms with Crippen LogP contribution in [0.2, 0.25) is 0 Å². The summed E-state index contributed by atoms with van der Waals surface area (Å²) in [6.07, 6.45) is 6.65. The molecule has 1 saturated heterocycles. The average Bonchev–Trinajstić information content (AvgIpc) is 2.87. The lowest BCUT2D eigenvalue weighted by molar-refractivity contribution is 0.101. The molecule has 1 aliphatic carbocycles. The molecule has 1 aliphatic heterocycles. The van der Waals surface area contributed by atoms with Gasteiger partial charge in [-0.15, -0.1) is 0 Å². The van der Waals surface area contributed by atoms with Gasteiger partial charge in [-0.05, 0) is 56.7 Å². The van der Waals surface area contributed by atoms with Crippen molar-refractivity contribution in [1.29, 1.82) is 0 Å². The molecule has 0 radical (unpaired) electrons. The molecule has 2 atom stereocenters. The summed E-state index contributed by atoms with van der Waals surface area (Å²) in [6, 6.07) is 6.61. The molecule has 1 aromatic rings. The molecule has 1 heterocycles. The first-order chi connectivity index (χ1) is 9.16. The fourth-order valence-corrected chi connectivity index (χ4v) is 3.80. The van der Waals surface area contributed by atoms with Gasteiger partial charge in [-0.1, -0.05) is 6.42 Å². The molecule has 0 amide bonds. The van der Waals surface area contributed by atoms with Crippen molar-refractivity contribution in [3.63, 3.8) is 0 Å². The fourth-order valence-electron chi connectivity index (χ4n) is 3.80. The van der Waals surface area contributed by atoms with Crippen LogP contribution in [0.25, 0.3) is 0 Å². The van der Waals surface area contributed by atoms with E-state index in [0.717, 1.165) is 12.5 Å². The molecule has 3 rings (SSSR count). The molecule has 0 bridgehead atoms. The number of piperidine rings is 1. The van der Waals surface area contributed by atoms with Gasteiger partial charge < -0.3 is 10.6 Å². The van der Waals surface area contributed by atoms with E-state index in [-0.39, 0.29) is 5.78 Å². The van der Waals surface area contributed by atoms with Gasteiger partial charge in [0.15, 0.2) is 5.78 Å². The smallest absolute Gasteiger partial charge is 0.161 e. The molecule has 102 valence electrons. The predicted molar refractivity (Wildman–Crippen MR) is 78.6 cm³/mol. The van der Waals surface area contributed by atoms with Gasteiger partial charge in [-0.3, -0.25) is 4.79 Å². The Morgan fingerprint density at radius 3 is 2.84 bits per heavy atom. The fraction of sp³-hybridized carbons (Fsp3) is 0.562. The second-order valence-electron chi connectivity index (χ2n) is 5.92. The minimum absolute atomic E-state index is 0.0549. The largest absolute Gasteiger partial charge is 0.398 e. The number of benzene rings is 1. The van der Waals surface area contributed by atoms with Crippen molar-refractivity contribution in [1.82, 2.24) is 0 Å². The van der Waals surface area contributed by atoms with E-state index in [4.69, 9.17) is 5.73 Å². The van der Waals surface area contributed by atoms with E-state index in [2.05, 4.69) is 11.0 Å². The first-order valence-electron chi connectivity index (χ1n) is 7.34. The Balaban J connectivity index is 1.93. The minimum atomic E-state index is 0.0549. The number of ketones is 1. The molecule has 1 aromatic carbocycles. The van der Waals surface area contributed by atoms with E-state index in [1.807, 2.05) is 12.1 Å². The van der Waals surface area contributed by atoms with Gasteiger partial charge >= 0.3 is 0 Å². The number of carbonyl (C=O) groups is 1. The van der Waals surface area contributed by atoms with Gasteiger partial charge in [0.25, 0.3) is 0 Å². The topological polar surface area (TPSA) is 46.3 Å². The van der Waals surface area contributed by atoms with Gasteiger partial charge in [-0.2, -0.15) is 0 Å². The summed E-state index contributed by atoms with van der Waals surface area (Å²) in [5, 5.41) is 0. The predicted octanol–water partition coefficient (Wildman–Crippen LogP) is 3.24. The quantitative estimate of drug-likeness (QED) is 0.654. The van der Waals surface area contributed by atoms with Crippen molar-refractivity contribution in [3.05, 3.63) is 23.8 Å². The van der Waals surface area contributed by atoms with Gasteiger partial charge in [0.05, 0.1) is 0 Å². The van der Waals surface area contributed by atoms with Crippen LogP contribution in [0.1, 0.15) is 49.4 Å². The van der Waals surface area contributed by atoms with Gasteiger partial charge in [0, 0.05) is 29.5 Å². The third kappa shape index (κ3) is 2.22. The summed E-state index contributed by atoms with van der Waals surface area (Å²) in [5.41, 5.74) is 8.32. The van der Waals surface area contributed by atoms with Crippen molar-refractivity contribution in [3.8, 4) is 0 Å². The summed E-state index contributed by atoms with van der Waals surface area (Å²) < 4.78 is 0. The van der Waals surface area contributed by atoms with E-state index in [1.54, 1.807) is 6.92 Å². The number of anilines is 2. The van der Waals surface area contributed by atoms with Crippen molar-refractivity contribution in [2.75, 3.05) is 17.2 Å². The molecule has 2 N–H and O–H groups in total. The Hall–Kier alpha value is -1.51. The summed E-state index contributed by atoms with van der Waals surface area (Å²) in [4.78, 5) is 14.1. The number of nitrogen functional groups attached to an aromatic ring is 1. The summed E-state index contributed by atoms with van der Waals surface area (Å²) in [7, 11) is 0. The van der Waals surface area contributed by atoms with Crippen LogP contribution < -0.4 is 10.6 Å². The standard InChI is InChI=1S/C16H22N2O/c1-11(19)14-10-13(7-8-15(14)17)18-9-3-5-12-4-2-6-16(12)18/h7-8,10,12,16H,2-6,9,17H2,1H3. The van der Waals surface area contributed by atoms with Crippen molar-refractivity contribution >= 4 is 17.2 Å². The first kappa shape index (κ1) is 12.5. The van der Waals surface area contributed by atoms with Gasteiger partial charge in [0.1, 0.15) is 0 Å². The molecule has 3 heteroatoms. The van der Waals surface area contributed by atoms with Crippen LogP contribution in [-0.2, 0) is 0 Å². The second kappa shape index (κ2) is 4.87. The lowest BCUT2D eigenvalue weighted by Gasteiger charge is -2.39. The monoisotopic (exact) mass is 258 g/mol. The van der Waals surface area contributed by atoms with E-state index < -0.39 is 0 Å².